The number of aliphatic hydroxyl groups is 4. The molecule has 110 valence electrons. The largest absolute Gasteiger partial charge is 0.509 e. The van der Waals surface area contributed by atoms with Crippen molar-refractivity contribution in [2.24, 2.45) is 5.41 Å². The second kappa shape index (κ2) is 4.05. The SMILES string of the molecule is CC(C)(C)C12C[C@@](CO)(OC(=O)O1)[C@@H](O)[C@H](O)[C@H]2O. The molecule has 7 heteroatoms. The van der Waals surface area contributed by atoms with E-state index in [0.29, 0.717) is 0 Å². The molecule has 0 spiro atoms. The first-order valence-electron chi connectivity index (χ1n) is 6.17. The molecule has 1 aliphatic carbocycles. The Kier molecular flexibility index (Phi) is 3.10. The van der Waals surface area contributed by atoms with Gasteiger partial charge in [0.15, 0.2) is 11.2 Å². The summed E-state index contributed by atoms with van der Waals surface area (Å²) in [4.78, 5) is 11.6. The average molecular weight is 276 g/mol. The van der Waals surface area contributed by atoms with Gasteiger partial charge in [0.1, 0.15) is 18.3 Å². The van der Waals surface area contributed by atoms with Crippen LogP contribution in [0.15, 0.2) is 0 Å². The summed E-state index contributed by atoms with van der Waals surface area (Å²) in [6.45, 7) is 4.55. The van der Waals surface area contributed by atoms with Crippen molar-refractivity contribution in [1.82, 2.24) is 0 Å². The maximum Gasteiger partial charge on any atom is 0.509 e. The van der Waals surface area contributed by atoms with Gasteiger partial charge in [0.05, 0.1) is 6.61 Å². The Balaban J connectivity index is 2.56. The van der Waals surface area contributed by atoms with E-state index >= 15 is 0 Å². The topological polar surface area (TPSA) is 116 Å². The molecule has 19 heavy (non-hydrogen) atoms. The van der Waals surface area contributed by atoms with Crippen LogP contribution in [0.3, 0.4) is 0 Å². The first-order valence-corrected chi connectivity index (χ1v) is 6.17. The van der Waals surface area contributed by atoms with Crippen molar-refractivity contribution in [3.05, 3.63) is 0 Å². The fourth-order valence-corrected chi connectivity index (χ4v) is 2.99. The summed E-state index contributed by atoms with van der Waals surface area (Å²) in [5.74, 6) is 0. The molecular formula is C12H20O7. The van der Waals surface area contributed by atoms with Crippen molar-refractivity contribution in [2.75, 3.05) is 6.61 Å². The molecule has 2 fully saturated rings. The van der Waals surface area contributed by atoms with Crippen molar-refractivity contribution in [1.29, 1.82) is 0 Å². The van der Waals surface area contributed by atoms with Gasteiger partial charge in [-0.15, -0.1) is 0 Å². The Morgan fingerprint density at radius 3 is 2.26 bits per heavy atom. The summed E-state index contributed by atoms with van der Waals surface area (Å²) in [5.41, 5.74) is -3.79. The fourth-order valence-electron chi connectivity index (χ4n) is 2.99. The Morgan fingerprint density at radius 1 is 1.21 bits per heavy atom. The number of carbonyl (C=O) groups is 1. The van der Waals surface area contributed by atoms with Gasteiger partial charge in [-0.25, -0.2) is 4.79 Å². The van der Waals surface area contributed by atoms with Crippen LogP contribution in [-0.2, 0) is 9.47 Å². The highest BCUT2D eigenvalue weighted by Gasteiger charge is 2.69. The van der Waals surface area contributed by atoms with Crippen LogP contribution in [0.4, 0.5) is 4.79 Å². The summed E-state index contributed by atoms with van der Waals surface area (Å²) < 4.78 is 10.1. The number of ether oxygens (including phenoxy) is 2. The van der Waals surface area contributed by atoms with E-state index in [9.17, 15) is 25.2 Å². The predicted molar refractivity (Wildman–Crippen MR) is 62.2 cm³/mol. The number of hydrogen-bond acceptors (Lipinski definition) is 7. The zero-order valence-corrected chi connectivity index (χ0v) is 11.2. The summed E-state index contributed by atoms with van der Waals surface area (Å²) in [7, 11) is 0. The van der Waals surface area contributed by atoms with Gasteiger partial charge in [-0.3, -0.25) is 0 Å². The van der Waals surface area contributed by atoms with Gasteiger partial charge in [0, 0.05) is 11.8 Å². The van der Waals surface area contributed by atoms with Gasteiger partial charge in [0.25, 0.3) is 0 Å². The van der Waals surface area contributed by atoms with E-state index in [1.165, 1.54) is 0 Å². The molecule has 1 aliphatic heterocycles. The Labute approximate surface area is 110 Å². The van der Waals surface area contributed by atoms with Gasteiger partial charge < -0.3 is 29.9 Å². The van der Waals surface area contributed by atoms with Gasteiger partial charge in [-0.05, 0) is 0 Å². The van der Waals surface area contributed by atoms with Crippen molar-refractivity contribution in [3.63, 3.8) is 0 Å². The highest BCUT2D eigenvalue weighted by Crippen LogP contribution is 2.52. The third-order valence-corrected chi connectivity index (χ3v) is 4.31. The van der Waals surface area contributed by atoms with Gasteiger partial charge >= 0.3 is 6.16 Å². The molecule has 1 heterocycles. The molecule has 4 N–H and O–H groups in total. The fraction of sp³-hybridized carbons (Fsp3) is 0.917. The minimum absolute atomic E-state index is 0.0921. The zero-order chi connectivity index (χ0) is 14.6. The molecule has 0 aromatic carbocycles. The molecule has 7 nitrogen and oxygen atoms in total. The molecule has 1 saturated heterocycles. The van der Waals surface area contributed by atoms with Crippen LogP contribution in [0.2, 0.25) is 0 Å². The number of aliphatic hydroxyl groups excluding tert-OH is 4. The summed E-state index contributed by atoms with van der Waals surface area (Å²) in [5, 5.41) is 39.7. The van der Waals surface area contributed by atoms with E-state index in [2.05, 4.69) is 0 Å². The van der Waals surface area contributed by atoms with Crippen LogP contribution in [0.5, 0.6) is 0 Å². The standard InChI is InChI=1S/C12H20O7/c1-10(2,3)12-4-11(5-13,18-9(17)19-12)7(15)6(14)8(12)16/h6-8,13-16H,4-5H2,1-3H3/t6-,7-,8+,11-,12?/m0/s1. The van der Waals surface area contributed by atoms with E-state index in [0.717, 1.165) is 0 Å². The molecule has 0 radical (unpaired) electrons. The highest BCUT2D eigenvalue weighted by molar-refractivity contribution is 5.63. The summed E-state index contributed by atoms with van der Waals surface area (Å²) >= 11 is 0. The lowest BCUT2D eigenvalue weighted by molar-refractivity contribution is -0.320. The van der Waals surface area contributed by atoms with E-state index in [1.54, 1.807) is 20.8 Å². The average Bonchev–Trinajstić information content (AvgIpc) is 2.32. The molecule has 2 bridgehead atoms. The first kappa shape index (κ1) is 14.5. The Bertz CT molecular complexity index is 390. The van der Waals surface area contributed by atoms with Gasteiger partial charge in [-0.1, -0.05) is 20.8 Å². The monoisotopic (exact) mass is 276 g/mol. The molecule has 5 atom stereocenters. The number of fused-ring (bicyclic) bond motifs is 2. The summed E-state index contributed by atoms with van der Waals surface area (Å²) in [6.07, 6.45) is -5.77. The van der Waals surface area contributed by atoms with Crippen LogP contribution in [-0.4, -0.2) is 62.7 Å². The van der Waals surface area contributed by atoms with Gasteiger partial charge in [0.2, 0.25) is 0 Å². The number of carbonyl (C=O) groups excluding carboxylic acids is 1. The Morgan fingerprint density at radius 2 is 1.79 bits per heavy atom. The zero-order valence-electron chi connectivity index (χ0n) is 11.2. The number of rotatable bonds is 1. The van der Waals surface area contributed by atoms with Crippen molar-refractivity contribution in [3.8, 4) is 0 Å². The quantitative estimate of drug-likeness (QED) is 0.461. The third-order valence-electron chi connectivity index (χ3n) is 4.31. The lowest BCUT2D eigenvalue weighted by Crippen LogP contribution is -2.77. The molecule has 0 aromatic heterocycles. The normalized spacial score (nSPS) is 46.5. The van der Waals surface area contributed by atoms with Crippen molar-refractivity contribution < 1.29 is 34.7 Å². The minimum Gasteiger partial charge on any atom is -0.424 e. The second-order valence-corrected chi connectivity index (χ2v) is 6.37. The van der Waals surface area contributed by atoms with E-state index in [-0.39, 0.29) is 6.42 Å². The molecule has 2 rings (SSSR count). The predicted octanol–water partition coefficient (Wildman–Crippen LogP) is -0.844. The molecule has 0 amide bonds. The van der Waals surface area contributed by atoms with Crippen molar-refractivity contribution in [2.45, 2.75) is 56.7 Å². The second-order valence-electron chi connectivity index (χ2n) is 6.37. The van der Waals surface area contributed by atoms with E-state index in [4.69, 9.17) is 9.47 Å². The lowest BCUT2D eigenvalue weighted by atomic mass is 9.60. The Hall–Kier alpha value is -0.890. The van der Waals surface area contributed by atoms with Crippen LogP contribution < -0.4 is 0 Å². The highest BCUT2D eigenvalue weighted by atomic mass is 16.8. The summed E-state index contributed by atoms with van der Waals surface area (Å²) in [6, 6.07) is 0. The molecule has 1 unspecified atom stereocenters. The van der Waals surface area contributed by atoms with Crippen molar-refractivity contribution >= 4 is 6.16 Å². The first-order chi connectivity index (χ1) is 8.59. The van der Waals surface area contributed by atoms with Crippen LogP contribution >= 0.6 is 0 Å². The smallest absolute Gasteiger partial charge is 0.424 e. The maximum atomic E-state index is 11.6. The molecular weight excluding hydrogens is 256 g/mol. The van der Waals surface area contributed by atoms with Crippen LogP contribution in [0.1, 0.15) is 27.2 Å². The molecule has 0 aromatic rings. The van der Waals surface area contributed by atoms with E-state index in [1.807, 2.05) is 0 Å². The third kappa shape index (κ3) is 1.76. The molecule has 1 saturated carbocycles. The lowest BCUT2D eigenvalue weighted by Gasteiger charge is -2.59. The van der Waals surface area contributed by atoms with Gasteiger partial charge in [-0.2, -0.15) is 0 Å². The molecule has 2 aliphatic rings. The number of hydrogen-bond donors (Lipinski definition) is 4. The van der Waals surface area contributed by atoms with Crippen LogP contribution in [0, 0.1) is 5.41 Å². The maximum absolute atomic E-state index is 11.6. The minimum atomic E-state index is -1.65. The van der Waals surface area contributed by atoms with E-state index < -0.39 is 47.7 Å². The van der Waals surface area contributed by atoms with Crippen LogP contribution in [0.25, 0.3) is 0 Å².